The highest BCUT2D eigenvalue weighted by Gasteiger charge is 2.20. The lowest BCUT2D eigenvalue weighted by Gasteiger charge is -2.30. The third-order valence-corrected chi connectivity index (χ3v) is 1.73. The molecule has 1 atom stereocenters. The molecular weight excluding hydrogens is 201 g/mol. The van der Waals surface area contributed by atoms with E-state index in [2.05, 4.69) is 10.2 Å². The Morgan fingerprint density at radius 3 is 1.79 bits per heavy atom. The van der Waals surface area contributed by atoms with Crippen molar-refractivity contribution in [1.82, 2.24) is 10.2 Å². The average Bonchev–Trinajstić information content (AvgIpc) is 2.03. The topological polar surface area (TPSA) is 41.3 Å². The van der Waals surface area contributed by atoms with Crippen LogP contribution in [0.1, 0.15) is 6.92 Å². The maximum Gasteiger partial charge on any atom is 0.673 e. The molecule has 0 aromatic rings. The van der Waals surface area contributed by atoms with Gasteiger partial charge in [0.1, 0.15) is 0 Å². The second kappa shape index (κ2) is 6.21. The zero-order valence-electron chi connectivity index (χ0n) is 8.02. The number of nitrogens with two attached hydrogens (primary N) is 1. The van der Waals surface area contributed by atoms with E-state index in [1.807, 2.05) is 6.92 Å². The first kappa shape index (κ1) is 13.7. The molecule has 3 nitrogen and oxygen atoms in total. The fourth-order valence-corrected chi connectivity index (χ4v) is 1.09. The van der Waals surface area contributed by atoms with Crippen LogP contribution in [-0.4, -0.2) is 44.5 Å². The second-order valence-corrected chi connectivity index (χ2v) is 3.02. The molecule has 0 amide bonds. The van der Waals surface area contributed by atoms with Crippen LogP contribution in [0.25, 0.3) is 0 Å². The van der Waals surface area contributed by atoms with Gasteiger partial charge in [-0.3, -0.25) is 4.90 Å². The van der Waals surface area contributed by atoms with Gasteiger partial charge in [0, 0.05) is 26.2 Å². The first-order valence-electron chi connectivity index (χ1n) is 4.38. The molecule has 1 fully saturated rings. The minimum atomic E-state index is -6.00. The largest absolute Gasteiger partial charge is 0.673 e. The maximum absolute atomic E-state index is 9.75. The molecule has 8 heteroatoms. The summed E-state index contributed by atoms with van der Waals surface area (Å²) in [5.74, 6) is 0. The van der Waals surface area contributed by atoms with Crippen molar-refractivity contribution in [3.05, 3.63) is 0 Å². The molecule has 0 bridgehead atoms. The lowest BCUT2D eigenvalue weighted by Crippen LogP contribution is -2.50. The van der Waals surface area contributed by atoms with E-state index < -0.39 is 7.25 Å². The van der Waals surface area contributed by atoms with E-state index in [0.717, 1.165) is 26.2 Å². The second-order valence-electron chi connectivity index (χ2n) is 3.02. The molecule has 1 heterocycles. The predicted molar refractivity (Wildman–Crippen MR) is 48.3 cm³/mol. The van der Waals surface area contributed by atoms with Gasteiger partial charge in [-0.1, -0.05) is 0 Å². The molecule has 1 aliphatic heterocycles. The summed E-state index contributed by atoms with van der Waals surface area (Å²) in [5.41, 5.74) is 5.67. The summed E-state index contributed by atoms with van der Waals surface area (Å²) in [6, 6.07) is 0. The van der Waals surface area contributed by atoms with Crippen molar-refractivity contribution in [3.63, 3.8) is 0 Å². The molecule has 1 saturated heterocycles. The molecule has 0 radical (unpaired) electrons. The Balaban J connectivity index is 0.000000292. The number of hydrogen-bond acceptors (Lipinski definition) is 3. The van der Waals surface area contributed by atoms with Crippen LogP contribution in [0.5, 0.6) is 0 Å². The van der Waals surface area contributed by atoms with Gasteiger partial charge >= 0.3 is 7.25 Å². The normalized spacial score (nSPS) is 21.0. The van der Waals surface area contributed by atoms with E-state index >= 15 is 0 Å². The highest BCUT2D eigenvalue weighted by molar-refractivity contribution is 6.50. The van der Waals surface area contributed by atoms with Crippen LogP contribution in [0, 0.1) is 0 Å². The van der Waals surface area contributed by atoms with E-state index in [9.17, 15) is 17.3 Å². The van der Waals surface area contributed by atoms with E-state index in [-0.39, 0.29) is 6.17 Å². The van der Waals surface area contributed by atoms with Gasteiger partial charge in [0.2, 0.25) is 0 Å². The Morgan fingerprint density at radius 1 is 1.21 bits per heavy atom. The van der Waals surface area contributed by atoms with Crippen LogP contribution >= 0.6 is 0 Å². The van der Waals surface area contributed by atoms with Crippen LogP contribution in [-0.2, 0) is 0 Å². The monoisotopic (exact) mass is 216 g/mol. The molecule has 1 aliphatic rings. The maximum atomic E-state index is 9.75. The molecule has 0 aliphatic carbocycles. The Hall–Kier alpha value is -0.335. The number of nitrogens with one attached hydrogen (secondary N) is 1. The van der Waals surface area contributed by atoms with E-state index in [4.69, 9.17) is 5.73 Å². The molecule has 3 N–H and O–H groups in total. The molecular formula is C6H15BF4N3-. The minimum Gasteiger partial charge on any atom is -0.418 e. The average molecular weight is 216 g/mol. The van der Waals surface area contributed by atoms with Gasteiger partial charge in [-0.15, -0.1) is 0 Å². The molecule has 0 aromatic carbocycles. The molecule has 1 unspecified atom stereocenters. The van der Waals surface area contributed by atoms with Crippen molar-refractivity contribution in [2.24, 2.45) is 5.73 Å². The standard InChI is InChI=1S/C6H15N3.BF4/c1-6(7)9-4-2-8-3-5-9;2-1(3,4)5/h6,8H,2-5,7H2,1H3;/q;-1. The molecule has 0 spiro atoms. The van der Waals surface area contributed by atoms with Crippen molar-refractivity contribution in [1.29, 1.82) is 0 Å². The fourth-order valence-electron chi connectivity index (χ4n) is 1.09. The first-order valence-corrected chi connectivity index (χ1v) is 4.38. The van der Waals surface area contributed by atoms with Crippen LogP contribution in [0.15, 0.2) is 0 Å². The summed E-state index contributed by atoms with van der Waals surface area (Å²) < 4.78 is 39.0. The van der Waals surface area contributed by atoms with Gasteiger partial charge in [0.05, 0.1) is 6.17 Å². The van der Waals surface area contributed by atoms with Gasteiger partial charge < -0.3 is 28.3 Å². The van der Waals surface area contributed by atoms with Crippen LogP contribution < -0.4 is 11.1 Å². The highest BCUT2D eigenvalue weighted by atomic mass is 19.5. The number of rotatable bonds is 1. The lowest BCUT2D eigenvalue weighted by atomic mass is 10.3. The molecule has 14 heavy (non-hydrogen) atoms. The Labute approximate surface area is 80.7 Å². The molecule has 86 valence electrons. The number of halogens is 4. The Bertz CT molecular complexity index is 141. The molecule has 0 aromatic heterocycles. The third-order valence-electron chi connectivity index (χ3n) is 1.73. The van der Waals surface area contributed by atoms with E-state index in [1.165, 1.54) is 0 Å². The van der Waals surface area contributed by atoms with E-state index in [0.29, 0.717) is 0 Å². The van der Waals surface area contributed by atoms with Crippen LogP contribution in [0.4, 0.5) is 17.3 Å². The number of piperazine rings is 1. The van der Waals surface area contributed by atoms with Crippen molar-refractivity contribution in [2.75, 3.05) is 26.2 Å². The third kappa shape index (κ3) is 9.75. The van der Waals surface area contributed by atoms with Gasteiger partial charge in [-0.2, -0.15) is 0 Å². The zero-order chi connectivity index (χ0) is 11.2. The summed E-state index contributed by atoms with van der Waals surface area (Å²) in [6.45, 7) is 6.39. The molecule has 0 saturated carbocycles. The minimum absolute atomic E-state index is 0.229. The van der Waals surface area contributed by atoms with Crippen molar-refractivity contribution < 1.29 is 17.3 Å². The lowest BCUT2D eigenvalue weighted by molar-refractivity contribution is 0.188. The summed E-state index contributed by atoms with van der Waals surface area (Å²) in [5, 5.41) is 3.27. The van der Waals surface area contributed by atoms with Crippen LogP contribution in [0.2, 0.25) is 0 Å². The highest BCUT2D eigenvalue weighted by Crippen LogP contribution is 2.06. The van der Waals surface area contributed by atoms with Gasteiger partial charge in [-0.05, 0) is 6.92 Å². The van der Waals surface area contributed by atoms with Crippen molar-refractivity contribution in [3.8, 4) is 0 Å². The Morgan fingerprint density at radius 2 is 1.57 bits per heavy atom. The predicted octanol–water partition coefficient (Wildman–Crippen LogP) is 0.496. The van der Waals surface area contributed by atoms with Crippen molar-refractivity contribution >= 4 is 7.25 Å². The summed E-state index contributed by atoms with van der Waals surface area (Å²) >= 11 is 0. The zero-order valence-corrected chi connectivity index (χ0v) is 8.02. The van der Waals surface area contributed by atoms with Gasteiger partial charge in [0.15, 0.2) is 0 Å². The quantitative estimate of drug-likeness (QED) is 0.495. The SMILES string of the molecule is CC(N)N1CCNCC1.F[B-](F)(F)F. The summed E-state index contributed by atoms with van der Waals surface area (Å²) in [4.78, 5) is 2.27. The van der Waals surface area contributed by atoms with E-state index in [1.54, 1.807) is 0 Å². The smallest absolute Gasteiger partial charge is 0.418 e. The van der Waals surface area contributed by atoms with Crippen LogP contribution in [0.3, 0.4) is 0 Å². The summed E-state index contributed by atoms with van der Waals surface area (Å²) in [6.07, 6.45) is 0.229. The fraction of sp³-hybridized carbons (Fsp3) is 1.00. The number of hydrogen-bond donors (Lipinski definition) is 2. The summed E-state index contributed by atoms with van der Waals surface area (Å²) in [7, 11) is -6.00. The molecule has 1 rings (SSSR count). The van der Waals surface area contributed by atoms with Crippen molar-refractivity contribution in [2.45, 2.75) is 13.1 Å². The number of nitrogens with zero attached hydrogens (tertiary/aromatic N) is 1. The first-order chi connectivity index (χ1) is 6.30. The van der Waals surface area contributed by atoms with Gasteiger partial charge in [0.25, 0.3) is 0 Å². The Kier molecular flexibility index (Phi) is 6.06. The van der Waals surface area contributed by atoms with Gasteiger partial charge in [-0.25, -0.2) is 0 Å².